The van der Waals surface area contributed by atoms with E-state index in [2.05, 4.69) is 16.4 Å². The summed E-state index contributed by atoms with van der Waals surface area (Å²) in [5.41, 5.74) is 4.59. The lowest BCUT2D eigenvalue weighted by molar-refractivity contribution is 0.0970. The van der Waals surface area contributed by atoms with Gasteiger partial charge in [0.2, 0.25) is 0 Å². The number of anilines is 1. The number of carbonyl (C=O) groups excluding carboxylic acids is 1. The van der Waals surface area contributed by atoms with Crippen molar-refractivity contribution in [2.24, 2.45) is 0 Å². The Kier molecular flexibility index (Phi) is 7.98. The molecule has 1 aromatic heterocycles. The summed E-state index contributed by atoms with van der Waals surface area (Å²) in [4.78, 5) is 17.4. The molecule has 1 atom stereocenters. The molecule has 4 aromatic rings. The highest BCUT2D eigenvalue weighted by Crippen LogP contribution is 2.36. The van der Waals surface area contributed by atoms with Crippen molar-refractivity contribution >= 4 is 22.4 Å². The number of rotatable bonds is 11. The Hall–Kier alpha value is -4.04. The second-order valence-electron chi connectivity index (χ2n) is 8.77. The van der Waals surface area contributed by atoms with Crippen LogP contribution < -0.4 is 19.5 Å². The first-order valence-electron chi connectivity index (χ1n) is 11.9. The predicted molar refractivity (Wildman–Crippen MR) is 142 cm³/mol. The van der Waals surface area contributed by atoms with Crippen LogP contribution in [0, 0.1) is 19.7 Å². The first-order chi connectivity index (χ1) is 17.8. The van der Waals surface area contributed by atoms with E-state index in [1.54, 1.807) is 44.7 Å². The van der Waals surface area contributed by atoms with Gasteiger partial charge in [-0.3, -0.25) is 4.79 Å². The van der Waals surface area contributed by atoms with E-state index in [1.165, 1.54) is 19.2 Å². The third-order valence-corrected chi connectivity index (χ3v) is 6.15. The maximum Gasteiger partial charge on any atom is 0.191 e. The summed E-state index contributed by atoms with van der Waals surface area (Å²) < 4.78 is 35.8. The lowest BCUT2D eigenvalue weighted by Gasteiger charge is -2.22. The molecule has 1 unspecified atom stereocenters. The average Bonchev–Trinajstić information content (AvgIpc) is 3.31. The molecule has 4 rings (SSSR count). The van der Waals surface area contributed by atoms with E-state index < -0.39 is 11.9 Å². The normalized spacial score (nSPS) is 11.8. The number of ketones is 1. The number of aryl methyl sites for hydroxylation is 2. The van der Waals surface area contributed by atoms with Crippen LogP contribution in [0.1, 0.15) is 33.1 Å². The Bertz CT molecular complexity index is 1420. The van der Waals surface area contributed by atoms with Crippen LogP contribution in [0.2, 0.25) is 0 Å². The molecule has 1 heterocycles. The standard InChI is InChI=1S/C29H31FN2O5/c1-17-10-18(2)27-24(11-17)25(16-31-27)29(33)28(23-7-6-19(30)12-26(23)36-5)32-20-13-21(35-4)15-22(14-20)37-9-8-34-3/h6-7,10-16,28,31-32H,8-9H2,1-5H3. The Labute approximate surface area is 215 Å². The van der Waals surface area contributed by atoms with E-state index in [4.69, 9.17) is 18.9 Å². The number of aromatic nitrogens is 1. The molecular formula is C29H31FN2O5. The quantitative estimate of drug-likeness (QED) is 0.192. The number of aromatic amines is 1. The van der Waals surface area contributed by atoms with E-state index in [0.29, 0.717) is 41.5 Å². The first kappa shape index (κ1) is 26.0. The van der Waals surface area contributed by atoms with Gasteiger partial charge in [-0.25, -0.2) is 4.39 Å². The minimum Gasteiger partial charge on any atom is -0.497 e. The van der Waals surface area contributed by atoms with E-state index in [1.807, 2.05) is 19.9 Å². The van der Waals surface area contributed by atoms with Crippen LogP contribution in [0.25, 0.3) is 10.9 Å². The van der Waals surface area contributed by atoms with Crippen LogP contribution in [-0.4, -0.2) is 45.3 Å². The topological polar surface area (TPSA) is 81.8 Å². The molecule has 0 spiro atoms. The molecule has 0 bridgehead atoms. The monoisotopic (exact) mass is 506 g/mol. The number of ether oxygens (including phenoxy) is 4. The van der Waals surface area contributed by atoms with Crippen molar-refractivity contribution in [2.45, 2.75) is 19.9 Å². The fraction of sp³-hybridized carbons (Fsp3) is 0.276. The largest absolute Gasteiger partial charge is 0.497 e. The molecule has 0 amide bonds. The fourth-order valence-corrected chi connectivity index (χ4v) is 4.43. The number of nitrogens with one attached hydrogen (secondary N) is 2. The number of benzene rings is 3. The van der Waals surface area contributed by atoms with Gasteiger partial charge >= 0.3 is 0 Å². The van der Waals surface area contributed by atoms with Gasteiger partial charge in [0.1, 0.15) is 35.7 Å². The summed E-state index contributed by atoms with van der Waals surface area (Å²) in [6.07, 6.45) is 1.72. The van der Waals surface area contributed by atoms with Gasteiger partial charge < -0.3 is 29.2 Å². The maximum atomic E-state index is 14.1. The van der Waals surface area contributed by atoms with Gasteiger partial charge in [-0.05, 0) is 37.6 Å². The van der Waals surface area contributed by atoms with Crippen LogP contribution in [-0.2, 0) is 4.74 Å². The van der Waals surface area contributed by atoms with Crippen molar-refractivity contribution in [2.75, 3.05) is 39.9 Å². The first-order valence-corrected chi connectivity index (χ1v) is 11.9. The third kappa shape index (κ3) is 5.70. The van der Waals surface area contributed by atoms with Crippen molar-refractivity contribution in [3.63, 3.8) is 0 Å². The summed E-state index contributed by atoms with van der Waals surface area (Å²) in [6.45, 7) is 4.77. The molecule has 0 saturated heterocycles. The zero-order valence-corrected chi connectivity index (χ0v) is 21.6. The molecule has 0 radical (unpaired) electrons. The number of H-pyrrole nitrogens is 1. The zero-order chi connectivity index (χ0) is 26.5. The second-order valence-corrected chi connectivity index (χ2v) is 8.77. The van der Waals surface area contributed by atoms with Crippen LogP contribution in [0.4, 0.5) is 10.1 Å². The predicted octanol–water partition coefficient (Wildman–Crippen LogP) is 6.00. The fourth-order valence-electron chi connectivity index (χ4n) is 4.43. The summed E-state index contributed by atoms with van der Waals surface area (Å²) in [5.74, 6) is 0.700. The molecule has 0 fully saturated rings. The van der Waals surface area contributed by atoms with Gasteiger partial charge in [0.05, 0.1) is 20.8 Å². The molecule has 0 aliphatic heterocycles. The number of Topliss-reactive ketones (excluding diaryl/α,β-unsaturated/α-hetero) is 1. The van der Waals surface area contributed by atoms with Gasteiger partial charge in [0, 0.05) is 65.3 Å². The molecule has 0 saturated carbocycles. The molecule has 7 nitrogen and oxygen atoms in total. The van der Waals surface area contributed by atoms with Crippen molar-refractivity contribution in [3.8, 4) is 17.2 Å². The van der Waals surface area contributed by atoms with E-state index in [-0.39, 0.29) is 11.5 Å². The minimum atomic E-state index is -0.894. The molecule has 3 aromatic carbocycles. The number of hydrogen-bond acceptors (Lipinski definition) is 6. The number of fused-ring (bicyclic) bond motifs is 1. The molecule has 0 aliphatic rings. The second kappa shape index (κ2) is 11.3. The Balaban J connectivity index is 1.80. The van der Waals surface area contributed by atoms with Crippen LogP contribution in [0.15, 0.2) is 54.7 Å². The van der Waals surface area contributed by atoms with Crippen molar-refractivity contribution in [1.82, 2.24) is 4.98 Å². The summed E-state index contributed by atoms with van der Waals surface area (Å²) in [6, 6.07) is 12.6. The lowest BCUT2D eigenvalue weighted by Crippen LogP contribution is -2.22. The smallest absolute Gasteiger partial charge is 0.191 e. The Morgan fingerprint density at radius 1 is 0.973 bits per heavy atom. The zero-order valence-electron chi connectivity index (χ0n) is 21.6. The number of methoxy groups -OCH3 is 3. The van der Waals surface area contributed by atoms with Gasteiger partial charge in [-0.2, -0.15) is 0 Å². The Morgan fingerprint density at radius 2 is 1.76 bits per heavy atom. The molecule has 37 heavy (non-hydrogen) atoms. The SMILES string of the molecule is COCCOc1cc(NC(C(=O)c2c[nH]c3c(C)cc(C)cc23)c2ccc(F)cc2OC)cc(OC)c1. The lowest BCUT2D eigenvalue weighted by atomic mass is 9.94. The highest BCUT2D eigenvalue weighted by Gasteiger charge is 2.28. The molecular weight excluding hydrogens is 475 g/mol. The summed E-state index contributed by atoms with van der Waals surface area (Å²) in [5, 5.41) is 4.14. The van der Waals surface area contributed by atoms with Gasteiger partial charge in [0.25, 0.3) is 0 Å². The minimum absolute atomic E-state index is 0.203. The number of hydrogen-bond donors (Lipinski definition) is 2. The Morgan fingerprint density at radius 3 is 2.49 bits per heavy atom. The number of halogens is 1. The van der Waals surface area contributed by atoms with Crippen LogP contribution in [0.5, 0.6) is 17.2 Å². The van der Waals surface area contributed by atoms with Gasteiger partial charge in [0.15, 0.2) is 5.78 Å². The summed E-state index contributed by atoms with van der Waals surface area (Å²) >= 11 is 0. The number of carbonyl (C=O) groups is 1. The molecule has 194 valence electrons. The summed E-state index contributed by atoms with van der Waals surface area (Å²) in [7, 11) is 4.60. The average molecular weight is 507 g/mol. The van der Waals surface area contributed by atoms with E-state index in [9.17, 15) is 9.18 Å². The van der Waals surface area contributed by atoms with E-state index in [0.717, 1.165) is 22.0 Å². The van der Waals surface area contributed by atoms with Gasteiger partial charge in [-0.15, -0.1) is 0 Å². The van der Waals surface area contributed by atoms with Crippen LogP contribution >= 0.6 is 0 Å². The highest BCUT2D eigenvalue weighted by atomic mass is 19.1. The van der Waals surface area contributed by atoms with Crippen LogP contribution in [0.3, 0.4) is 0 Å². The molecule has 0 aliphatic carbocycles. The third-order valence-electron chi connectivity index (χ3n) is 6.15. The van der Waals surface area contributed by atoms with Crippen molar-refractivity contribution in [3.05, 3.63) is 82.8 Å². The maximum absolute atomic E-state index is 14.1. The molecule has 2 N–H and O–H groups in total. The van der Waals surface area contributed by atoms with Gasteiger partial charge in [-0.1, -0.05) is 11.6 Å². The van der Waals surface area contributed by atoms with Crippen molar-refractivity contribution < 1.29 is 28.1 Å². The van der Waals surface area contributed by atoms with E-state index >= 15 is 0 Å². The van der Waals surface area contributed by atoms with Crippen molar-refractivity contribution in [1.29, 1.82) is 0 Å². The highest BCUT2D eigenvalue weighted by molar-refractivity contribution is 6.12. The molecule has 8 heteroatoms.